The van der Waals surface area contributed by atoms with Crippen LogP contribution >= 0.6 is 0 Å². The molecule has 1 fully saturated rings. The van der Waals surface area contributed by atoms with Gasteiger partial charge in [-0.25, -0.2) is 4.79 Å². The summed E-state index contributed by atoms with van der Waals surface area (Å²) in [6, 6.07) is 23.4. The van der Waals surface area contributed by atoms with Gasteiger partial charge in [0.15, 0.2) is 0 Å². The first kappa shape index (κ1) is 20.3. The molecule has 158 valence electrons. The Morgan fingerprint density at radius 1 is 0.839 bits per heavy atom. The lowest BCUT2D eigenvalue weighted by Gasteiger charge is -2.24. The van der Waals surface area contributed by atoms with Crippen molar-refractivity contribution in [2.24, 2.45) is 5.73 Å². The number of nitrogens with two attached hydrogens (primary N) is 1. The summed E-state index contributed by atoms with van der Waals surface area (Å²) < 4.78 is 5.75. The minimum absolute atomic E-state index is 0.268. The Labute approximate surface area is 180 Å². The van der Waals surface area contributed by atoms with Gasteiger partial charge in [-0.1, -0.05) is 18.2 Å². The molecule has 0 saturated carbocycles. The first-order valence-electron chi connectivity index (χ1n) is 10.2. The fourth-order valence-electron chi connectivity index (χ4n) is 3.63. The Hall–Kier alpha value is -4.00. The van der Waals surface area contributed by atoms with Gasteiger partial charge in [0.2, 0.25) is 5.91 Å². The molecule has 0 aromatic heterocycles. The van der Waals surface area contributed by atoms with Gasteiger partial charge in [0.05, 0.1) is 0 Å². The van der Waals surface area contributed by atoms with E-state index in [-0.39, 0.29) is 18.0 Å². The normalized spacial score (nSPS) is 15.4. The minimum Gasteiger partial charge on any atom is -0.457 e. The molecule has 0 bridgehead atoms. The third-order valence-electron chi connectivity index (χ3n) is 5.13. The third-order valence-corrected chi connectivity index (χ3v) is 5.13. The Kier molecular flexibility index (Phi) is 6.03. The number of nitrogens with zero attached hydrogens (tertiary/aromatic N) is 1. The number of ether oxygens (including phenoxy) is 1. The molecule has 3 amide bonds. The zero-order valence-corrected chi connectivity index (χ0v) is 17.0. The van der Waals surface area contributed by atoms with Gasteiger partial charge in [0, 0.05) is 23.6 Å². The molecule has 1 saturated heterocycles. The smallest absolute Gasteiger partial charge is 0.323 e. The Bertz CT molecular complexity index is 1040. The van der Waals surface area contributed by atoms with E-state index >= 15 is 0 Å². The first-order valence-corrected chi connectivity index (χ1v) is 10.2. The summed E-state index contributed by atoms with van der Waals surface area (Å²) in [5.74, 6) is 1.13. The molecule has 1 heterocycles. The number of nitrogens with one attached hydrogen (secondary N) is 2. The Morgan fingerprint density at radius 3 is 2.03 bits per heavy atom. The Morgan fingerprint density at radius 2 is 1.42 bits per heavy atom. The van der Waals surface area contributed by atoms with Crippen LogP contribution in [0.3, 0.4) is 0 Å². The van der Waals surface area contributed by atoms with E-state index in [1.807, 2.05) is 59.5 Å². The number of anilines is 3. The summed E-state index contributed by atoms with van der Waals surface area (Å²) in [5, 5.41) is 5.60. The van der Waals surface area contributed by atoms with Crippen LogP contribution in [0, 0.1) is 0 Å². The number of hydrogen-bond acceptors (Lipinski definition) is 4. The van der Waals surface area contributed by atoms with Crippen molar-refractivity contribution >= 4 is 29.0 Å². The highest BCUT2D eigenvalue weighted by molar-refractivity contribution is 5.99. The fraction of sp³-hybridized carbons (Fsp3) is 0.167. The molecule has 7 nitrogen and oxygen atoms in total. The van der Waals surface area contributed by atoms with E-state index in [9.17, 15) is 9.59 Å². The molecule has 0 aliphatic carbocycles. The lowest BCUT2D eigenvalue weighted by Crippen LogP contribution is -2.40. The third kappa shape index (κ3) is 5.14. The van der Waals surface area contributed by atoms with Crippen molar-refractivity contribution in [1.82, 2.24) is 0 Å². The highest BCUT2D eigenvalue weighted by atomic mass is 16.5. The van der Waals surface area contributed by atoms with Gasteiger partial charge in [-0.15, -0.1) is 0 Å². The maximum Gasteiger partial charge on any atom is 0.323 e. The second kappa shape index (κ2) is 9.21. The molecule has 1 atom stereocenters. The number of urea groups is 1. The van der Waals surface area contributed by atoms with E-state index in [2.05, 4.69) is 10.6 Å². The molecule has 3 aromatic carbocycles. The first-order chi connectivity index (χ1) is 15.1. The summed E-state index contributed by atoms with van der Waals surface area (Å²) in [7, 11) is 0. The van der Waals surface area contributed by atoms with Crippen LogP contribution in [0.25, 0.3) is 0 Å². The SMILES string of the molecule is NC(=O)C1CCCN1c1ccc(NC(=O)Nc2ccc(Oc3ccccc3)cc2)cc1. The van der Waals surface area contributed by atoms with Gasteiger partial charge in [-0.2, -0.15) is 0 Å². The van der Waals surface area contributed by atoms with Gasteiger partial charge in [-0.3, -0.25) is 4.79 Å². The summed E-state index contributed by atoms with van der Waals surface area (Å²) in [5.41, 5.74) is 7.71. The lowest BCUT2D eigenvalue weighted by molar-refractivity contribution is -0.119. The van der Waals surface area contributed by atoms with Crippen LogP contribution in [-0.4, -0.2) is 24.5 Å². The summed E-state index contributed by atoms with van der Waals surface area (Å²) >= 11 is 0. The highest BCUT2D eigenvalue weighted by Gasteiger charge is 2.28. The van der Waals surface area contributed by atoms with Gasteiger partial charge in [-0.05, 0) is 73.5 Å². The van der Waals surface area contributed by atoms with Crippen LogP contribution in [-0.2, 0) is 4.79 Å². The molecule has 3 aromatic rings. The summed E-state index contributed by atoms with van der Waals surface area (Å²) in [6.45, 7) is 0.796. The number of hydrogen-bond donors (Lipinski definition) is 3. The number of primary amides is 1. The molecule has 1 aliphatic heterocycles. The van der Waals surface area contributed by atoms with E-state index in [0.717, 1.165) is 30.8 Å². The zero-order valence-electron chi connectivity index (χ0n) is 17.0. The molecule has 1 unspecified atom stereocenters. The van der Waals surface area contributed by atoms with E-state index in [1.54, 1.807) is 24.3 Å². The number of rotatable bonds is 6. The van der Waals surface area contributed by atoms with Crippen LogP contribution in [0.2, 0.25) is 0 Å². The number of carbonyl (C=O) groups excluding carboxylic acids is 2. The van der Waals surface area contributed by atoms with Crippen molar-refractivity contribution in [3.05, 3.63) is 78.9 Å². The van der Waals surface area contributed by atoms with Crippen molar-refractivity contribution in [2.75, 3.05) is 22.1 Å². The van der Waals surface area contributed by atoms with Gasteiger partial charge in [0.25, 0.3) is 0 Å². The summed E-state index contributed by atoms with van der Waals surface area (Å²) in [6.07, 6.45) is 1.71. The summed E-state index contributed by atoms with van der Waals surface area (Å²) in [4.78, 5) is 25.9. The standard InChI is InChI=1S/C24H24N4O3/c25-23(29)22-7-4-16-28(22)19-12-8-17(9-13-19)26-24(30)27-18-10-14-21(15-11-18)31-20-5-2-1-3-6-20/h1-3,5-6,8-15,22H,4,7,16H2,(H2,25,29)(H2,26,27,30). The van der Waals surface area contributed by atoms with Crippen LogP contribution in [0.15, 0.2) is 78.9 Å². The van der Waals surface area contributed by atoms with E-state index < -0.39 is 0 Å². The second-order valence-electron chi connectivity index (χ2n) is 7.32. The van der Waals surface area contributed by atoms with Crippen molar-refractivity contribution in [3.63, 3.8) is 0 Å². The molecule has 31 heavy (non-hydrogen) atoms. The van der Waals surface area contributed by atoms with Crippen molar-refractivity contribution in [3.8, 4) is 11.5 Å². The van der Waals surface area contributed by atoms with Crippen molar-refractivity contribution in [1.29, 1.82) is 0 Å². The molecule has 4 rings (SSSR count). The number of carbonyl (C=O) groups is 2. The number of amides is 3. The Balaban J connectivity index is 1.32. The molecule has 1 aliphatic rings. The highest BCUT2D eigenvalue weighted by Crippen LogP contribution is 2.27. The van der Waals surface area contributed by atoms with Crippen molar-refractivity contribution in [2.45, 2.75) is 18.9 Å². The molecular weight excluding hydrogens is 392 g/mol. The van der Waals surface area contributed by atoms with Crippen LogP contribution in [0.5, 0.6) is 11.5 Å². The fourth-order valence-corrected chi connectivity index (χ4v) is 3.63. The minimum atomic E-state index is -0.347. The molecule has 4 N–H and O–H groups in total. The number of benzene rings is 3. The monoisotopic (exact) mass is 416 g/mol. The van der Waals surface area contributed by atoms with Crippen LogP contribution in [0.4, 0.5) is 21.9 Å². The van der Waals surface area contributed by atoms with Crippen molar-refractivity contribution < 1.29 is 14.3 Å². The van der Waals surface area contributed by atoms with E-state index in [0.29, 0.717) is 17.1 Å². The van der Waals surface area contributed by atoms with Gasteiger partial charge >= 0.3 is 6.03 Å². The van der Waals surface area contributed by atoms with Gasteiger partial charge < -0.3 is 26.0 Å². The zero-order chi connectivity index (χ0) is 21.6. The predicted molar refractivity (Wildman–Crippen MR) is 122 cm³/mol. The lowest BCUT2D eigenvalue weighted by atomic mass is 10.2. The van der Waals surface area contributed by atoms with Crippen LogP contribution in [0.1, 0.15) is 12.8 Å². The topological polar surface area (TPSA) is 96.7 Å². The molecule has 7 heteroatoms. The maximum atomic E-state index is 12.3. The average Bonchev–Trinajstić information content (AvgIpc) is 3.27. The average molecular weight is 416 g/mol. The largest absolute Gasteiger partial charge is 0.457 e. The quantitative estimate of drug-likeness (QED) is 0.548. The van der Waals surface area contributed by atoms with E-state index in [4.69, 9.17) is 10.5 Å². The van der Waals surface area contributed by atoms with Crippen LogP contribution < -0.4 is 26.0 Å². The van der Waals surface area contributed by atoms with E-state index in [1.165, 1.54) is 0 Å². The predicted octanol–water partition coefficient (Wildman–Crippen LogP) is 4.58. The van der Waals surface area contributed by atoms with Gasteiger partial charge in [0.1, 0.15) is 17.5 Å². The number of para-hydroxylation sites is 1. The maximum absolute atomic E-state index is 12.3. The second-order valence-corrected chi connectivity index (χ2v) is 7.32. The molecular formula is C24H24N4O3. The molecule has 0 radical (unpaired) electrons. The molecule has 0 spiro atoms.